The second-order valence-electron chi connectivity index (χ2n) is 16.3. The summed E-state index contributed by atoms with van der Waals surface area (Å²) < 4.78 is 5.86. The van der Waals surface area contributed by atoms with E-state index in [0.717, 1.165) is 70.6 Å². The van der Waals surface area contributed by atoms with Crippen molar-refractivity contribution in [3.05, 3.63) is 122 Å². The van der Waals surface area contributed by atoms with Gasteiger partial charge in [0.05, 0.1) is 25.2 Å². The van der Waals surface area contributed by atoms with Crippen LogP contribution in [0.3, 0.4) is 0 Å². The molecule has 0 fully saturated rings. The monoisotopic (exact) mass is 858 g/mol. The summed E-state index contributed by atoms with van der Waals surface area (Å²) in [5.74, 6) is -0.609. The van der Waals surface area contributed by atoms with Crippen LogP contribution in [0.4, 0.5) is 0 Å². The van der Waals surface area contributed by atoms with E-state index in [2.05, 4.69) is 50.4 Å². The van der Waals surface area contributed by atoms with Gasteiger partial charge < -0.3 is 20.3 Å². The molecule has 6 nitrogen and oxygen atoms in total. The van der Waals surface area contributed by atoms with Crippen molar-refractivity contribution in [3.8, 4) is 0 Å². The van der Waals surface area contributed by atoms with Crippen molar-refractivity contribution in [2.24, 2.45) is 0 Å². The van der Waals surface area contributed by atoms with E-state index in [4.69, 9.17) is 4.74 Å². The lowest BCUT2D eigenvalue weighted by Gasteiger charge is -2.24. The minimum Gasteiger partial charge on any atom is -0.462 e. The van der Waals surface area contributed by atoms with E-state index in [1.54, 1.807) is 0 Å². The minimum atomic E-state index is -0.822. The van der Waals surface area contributed by atoms with Gasteiger partial charge in [-0.05, 0) is 57.8 Å². The van der Waals surface area contributed by atoms with Crippen molar-refractivity contribution in [3.63, 3.8) is 0 Å². The van der Waals surface area contributed by atoms with Gasteiger partial charge in [0, 0.05) is 6.42 Å². The van der Waals surface area contributed by atoms with Gasteiger partial charge in [-0.3, -0.25) is 9.59 Å². The molecule has 0 bridgehead atoms. The zero-order valence-electron chi connectivity index (χ0n) is 39.7. The Hall–Kier alpha value is -3.74. The molecule has 0 aromatic rings. The van der Waals surface area contributed by atoms with E-state index in [1.807, 2.05) is 97.2 Å². The van der Waals surface area contributed by atoms with Crippen molar-refractivity contribution >= 4 is 11.9 Å². The smallest absolute Gasteiger partial charge is 0.306 e. The maximum Gasteiger partial charge on any atom is 0.306 e. The molecule has 0 radical (unpaired) electrons. The topological polar surface area (TPSA) is 95.9 Å². The largest absolute Gasteiger partial charge is 0.462 e. The molecule has 0 aliphatic carbocycles. The highest BCUT2D eigenvalue weighted by atomic mass is 16.5. The number of carbonyl (C=O) groups is 2. The molecule has 0 aromatic carbocycles. The number of hydrogen-bond acceptors (Lipinski definition) is 5. The SMILES string of the molecule is CC/C=C/C=C/C=C\C=C/C=C/CCCCCC(=O)OC(CCC/C=C/C=C\C=C/C=C/C=C/CC)CC(=O)NC(CO)C(O)CCCCCCCCCCCCCCCCC. The first-order chi connectivity index (χ1) is 30.5. The Bertz CT molecular complexity index is 1330. The molecule has 0 saturated carbocycles. The van der Waals surface area contributed by atoms with Gasteiger partial charge in [0.15, 0.2) is 0 Å². The minimum absolute atomic E-state index is 0.00296. The molecular formula is C56H91NO5. The molecule has 0 aliphatic rings. The molecule has 3 N–H and O–H groups in total. The van der Waals surface area contributed by atoms with Crippen molar-refractivity contribution in [2.45, 2.75) is 212 Å². The van der Waals surface area contributed by atoms with E-state index in [0.29, 0.717) is 19.3 Å². The summed E-state index contributed by atoms with van der Waals surface area (Å²) in [5, 5.41) is 23.7. The predicted octanol–water partition coefficient (Wildman–Crippen LogP) is 14.9. The molecule has 1 amide bonds. The predicted molar refractivity (Wildman–Crippen MR) is 268 cm³/mol. The summed E-state index contributed by atoms with van der Waals surface area (Å²) in [4.78, 5) is 26.1. The van der Waals surface area contributed by atoms with Crippen molar-refractivity contribution in [1.29, 1.82) is 0 Å². The molecule has 3 unspecified atom stereocenters. The van der Waals surface area contributed by atoms with Crippen molar-refractivity contribution in [2.75, 3.05) is 6.61 Å². The number of aliphatic hydroxyl groups is 2. The fourth-order valence-corrected chi connectivity index (χ4v) is 6.83. The Kier molecular flexibility index (Phi) is 45.4. The third kappa shape index (κ3) is 42.9. The molecule has 6 heteroatoms. The lowest BCUT2D eigenvalue weighted by molar-refractivity contribution is -0.151. The van der Waals surface area contributed by atoms with E-state index in [1.165, 1.54) is 77.0 Å². The molecule has 0 aliphatic heterocycles. The van der Waals surface area contributed by atoms with Crippen LogP contribution in [0.5, 0.6) is 0 Å². The summed E-state index contributed by atoms with van der Waals surface area (Å²) in [6.07, 6.45) is 66.9. The van der Waals surface area contributed by atoms with Gasteiger partial charge in [-0.15, -0.1) is 0 Å². The third-order valence-corrected chi connectivity index (χ3v) is 10.5. The van der Waals surface area contributed by atoms with E-state index in [9.17, 15) is 19.8 Å². The van der Waals surface area contributed by atoms with Gasteiger partial charge >= 0.3 is 5.97 Å². The molecule has 0 heterocycles. The molecule has 350 valence electrons. The first kappa shape index (κ1) is 58.3. The van der Waals surface area contributed by atoms with Gasteiger partial charge in [-0.2, -0.15) is 0 Å². The number of amides is 1. The second-order valence-corrected chi connectivity index (χ2v) is 16.3. The Morgan fingerprint density at radius 3 is 1.34 bits per heavy atom. The van der Waals surface area contributed by atoms with Gasteiger partial charge in [0.1, 0.15) is 6.10 Å². The number of allylic oxidation sites excluding steroid dienone is 20. The Morgan fingerprint density at radius 2 is 0.887 bits per heavy atom. The number of rotatable bonds is 42. The van der Waals surface area contributed by atoms with Crippen LogP contribution in [0.25, 0.3) is 0 Å². The molecule has 0 aromatic heterocycles. The average Bonchev–Trinajstić information content (AvgIpc) is 3.26. The lowest BCUT2D eigenvalue weighted by Crippen LogP contribution is -2.46. The maximum absolute atomic E-state index is 13.2. The fraction of sp³-hybridized carbons (Fsp3) is 0.607. The van der Waals surface area contributed by atoms with E-state index >= 15 is 0 Å². The zero-order valence-corrected chi connectivity index (χ0v) is 39.7. The summed E-state index contributed by atoms with van der Waals surface area (Å²) in [6.45, 7) is 6.15. The first-order valence-corrected chi connectivity index (χ1v) is 24.9. The Morgan fingerprint density at radius 1 is 0.484 bits per heavy atom. The third-order valence-electron chi connectivity index (χ3n) is 10.5. The molecule has 0 rings (SSSR count). The number of nitrogens with one attached hydrogen (secondary N) is 1. The summed E-state index contributed by atoms with van der Waals surface area (Å²) in [7, 11) is 0. The van der Waals surface area contributed by atoms with Crippen LogP contribution >= 0.6 is 0 Å². The number of esters is 1. The zero-order chi connectivity index (χ0) is 45.2. The Labute approximate surface area is 380 Å². The standard InChI is InChI=1S/C56H91NO5/c1-4-7-10-13-16-19-22-25-27-30-33-36-39-42-45-48-54(59)53(51-58)57-55(60)50-52(47-44-41-38-35-32-29-24-21-18-15-12-9-6-3)62-56(61)49-46-43-40-37-34-31-28-26-23-20-17-14-11-8-5-2/h8-9,11-12,14-15,17-18,20-21,23-24,26,28-29,31-32,34-35,38,52-54,58-59H,4-7,10,13,16,19,22,25,27,30,33,36-37,39-51H2,1-3H3,(H,57,60)/b11-8+,12-9+,17-14+,18-15+,23-20-,24-21-,28-26-,32-29-,34-31+,38-35+. The van der Waals surface area contributed by atoms with Crippen LogP contribution in [0, 0.1) is 0 Å². The molecule has 3 atom stereocenters. The first-order valence-electron chi connectivity index (χ1n) is 24.9. The van der Waals surface area contributed by atoms with Crippen LogP contribution in [0.15, 0.2) is 122 Å². The van der Waals surface area contributed by atoms with Crippen molar-refractivity contribution < 1.29 is 24.5 Å². The van der Waals surface area contributed by atoms with Gasteiger partial charge in [0.25, 0.3) is 0 Å². The summed E-state index contributed by atoms with van der Waals surface area (Å²) >= 11 is 0. The van der Waals surface area contributed by atoms with Gasteiger partial charge in [-0.25, -0.2) is 0 Å². The van der Waals surface area contributed by atoms with E-state index < -0.39 is 18.2 Å². The lowest BCUT2D eigenvalue weighted by atomic mass is 10.0. The number of aliphatic hydroxyl groups excluding tert-OH is 2. The van der Waals surface area contributed by atoms with Gasteiger partial charge in [0.2, 0.25) is 5.91 Å². The average molecular weight is 858 g/mol. The van der Waals surface area contributed by atoms with E-state index in [-0.39, 0.29) is 24.9 Å². The molecule has 0 spiro atoms. The van der Waals surface area contributed by atoms with Gasteiger partial charge in [-0.1, -0.05) is 245 Å². The highest BCUT2D eigenvalue weighted by Gasteiger charge is 2.24. The van der Waals surface area contributed by atoms with Crippen LogP contribution in [0.2, 0.25) is 0 Å². The quantitative estimate of drug-likeness (QED) is 0.0323. The van der Waals surface area contributed by atoms with Crippen LogP contribution < -0.4 is 5.32 Å². The molecular weight excluding hydrogens is 767 g/mol. The fourth-order valence-electron chi connectivity index (χ4n) is 6.83. The summed E-state index contributed by atoms with van der Waals surface area (Å²) in [5.41, 5.74) is 0. The molecule has 0 saturated heterocycles. The Balaban J connectivity index is 4.77. The normalized spacial score (nSPS) is 14.3. The highest BCUT2D eigenvalue weighted by Crippen LogP contribution is 2.16. The number of carbonyl (C=O) groups excluding carboxylic acids is 2. The van der Waals surface area contributed by atoms with Crippen LogP contribution in [0.1, 0.15) is 194 Å². The number of hydrogen-bond donors (Lipinski definition) is 3. The maximum atomic E-state index is 13.2. The highest BCUT2D eigenvalue weighted by molar-refractivity contribution is 5.77. The van der Waals surface area contributed by atoms with Crippen LogP contribution in [-0.4, -0.2) is 46.9 Å². The number of unbranched alkanes of at least 4 members (excludes halogenated alkanes) is 18. The van der Waals surface area contributed by atoms with Crippen molar-refractivity contribution in [1.82, 2.24) is 5.32 Å². The molecule has 62 heavy (non-hydrogen) atoms. The summed E-state index contributed by atoms with van der Waals surface area (Å²) in [6, 6.07) is -0.742. The number of ether oxygens (including phenoxy) is 1. The second kappa shape index (κ2) is 48.3. The van der Waals surface area contributed by atoms with Crippen LogP contribution in [-0.2, 0) is 14.3 Å².